The van der Waals surface area contributed by atoms with E-state index in [1.165, 1.54) is 4.90 Å². The molecule has 1 fully saturated rings. The van der Waals surface area contributed by atoms with Crippen LogP contribution in [0.4, 0.5) is 0 Å². The SMILES string of the molecule is CC(C)CC1(C)NC(=N)N(Cc2cccs2)C1=O. The first-order valence-electron chi connectivity index (χ1n) is 6.13. The van der Waals surface area contributed by atoms with Crippen LogP contribution in [0.15, 0.2) is 17.5 Å². The summed E-state index contributed by atoms with van der Waals surface area (Å²) in [5.74, 6) is 0.645. The number of amides is 1. The summed E-state index contributed by atoms with van der Waals surface area (Å²) in [6.07, 6.45) is 0.745. The van der Waals surface area contributed by atoms with Crippen molar-refractivity contribution in [2.45, 2.75) is 39.3 Å². The number of hydrogen-bond acceptors (Lipinski definition) is 3. The third-order valence-electron chi connectivity index (χ3n) is 3.09. The Morgan fingerprint density at radius 3 is 2.83 bits per heavy atom. The second-order valence-electron chi connectivity index (χ2n) is 5.37. The lowest BCUT2D eigenvalue weighted by Crippen LogP contribution is -2.44. The van der Waals surface area contributed by atoms with Crippen molar-refractivity contribution in [3.05, 3.63) is 22.4 Å². The fraction of sp³-hybridized carbons (Fsp3) is 0.538. The third kappa shape index (κ3) is 2.41. The summed E-state index contributed by atoms with van der Waals surface area (Å²) in [7, 11) is 0. The minimum atomic E-state index is -0.623. The summed E-state index contributed by atoms with van der Waals surface area (Å²) in [5, 5.41) is 13.0. The van der Waals surface area contributed by atoms with Crippen LogP contribution in [0.2, 0.25) is 0 Å². The molecule has 0 radical (unpaired) electrons. The van der Waals surface area contributed by atoms with Crippen LogP contribution in [0.5, 0.6) is 0 Å². The van der Waals surface area contributed by atoms with Gasteiger partial charge in [-0.15, -0.1) is 11.3 Å². The first kappa shape index (κ1) is 13.1. The van der Waals surface area contributed by atoms with Gasteiger partial charge < -0.3 is 5.32 Å². The van der Waals surface area contributed by atoms with Gasteiger partial charge in [0.2, 0.25) is 0 Å². The predicted octanol–water partition coefficient (Wildman–Crippen LogP) is 2.42. The first-order chi connectivity index (χ1) is 8.42. The molecule has 2 N–H and O–H groups in total. The molecular formula is C13H19N3OS. The number of nitrogens with zero attached hydrogens (tertiary/aromatic N) is 1. The van der Waals surface area contributed by atoms with Crippen LogP contribution < -0.4 is 5.32 Å². The molecule has 1 aromatic rings. The van der Waals surface area contributed by atoms with Gasteiger partial charge in [0.25, 0.3) is 5.91 Å². The fourth-order valence-electron chi connectivity index (χ4n) is 2.45. The number of hydrogen-bond donors (Lipinski definition) is 2. The molecule has 1 aliphatic rings. The van der Waals surface area contributed by atoms with E-state index in [2.05, 4.69) is 19.2 Å². The molecule has 1 aromatic heterocycles. The Morgan fingerprint density at radius 2 is 2.28 bits per heavy atom. The summed E-state index contributed by atoms with van der Waals surface area (Å²) in [4.78, 5) is 15.1. The van der Waals surface area contributed by atoms with E-state index in [-0.39, 0.29) is 11.9 Å². The molecular weight excluding hydrogens is 246 g/mol. The summed E-state index contributed by atoms with van der Waals surface area (Å²) < 4.78 is 0. The average molecular weight is 265 g/mol. The summed E-state index contributed by atoms with van der Waals surface area (Å²) >= 11 is 1.61. The molecule has 2 heterocycles. The maximum absolute atomic E-state index is 12.4. The second kappa shape index (κ2) is 4.72. The standard InChI is InChI=1S/C13H19N3OS/c1-9(2)7-13(3)11(17)16(12(14)15-13)8-10-5-4-6-18-10/h4-6,9H,7-8H2,1-3H3,(H2,14,15). The molecule has 1 unspecified atom stereocenters. The molecule has 1 aliphatic heterocycles. The number of rotatable bonds is 4. The van der Waals surface area contributed by atoms with Crippen molar-refractivity contribution >= 4 is 23.2 Å². The number of guanidine groups is 1. The average Bonchev–Trinajstić information content (AvgIpc) is 2.81. The highest BCUT2D eigenvalue weighted by Gasteiger charge is 2.45. The number of carbonyl (C=O) groups is 1. The monoisotopic (exact) mass is 265 g/mol. The van der Waals surface area contributed by atoms with Crippen molar-refractivity contribution in [3.8, 4) is 0 Å². The van der Waals surface area contributed by atoms with Crippen molar-refractivity contribution in [1.82, 2.24) is 10.2 Å². The molecule has 1 amide bonds. The van der Waals surface area contributed by atoms with Gasteiger partial charge in [-0.3, -0.25) is 15.1 Å². The van der Waals surface area contributed by atoms with Gasteiger partial charge in [-0.25, -0.2) is 0 Å². The molecule has 0 saturated carbocycles. The molecule has 1 atom stereocenters. The molecule has 98 valence electrons. The highest BCUT2D eigenvalue weighted by atomic mass is 32.1. The van der Waals surface area contributed by atoms with Gasteiger partial charge in [-0.2, -0.15) is 0 Å². The first-order valence-corrected chi connectivity index (χ1v) is 7.01. The molecule has 18 heavy (non-hydrogen) atoms. The number of nitrogens with one attached hydrogen (secondary N) is 2. The molecule has 2 rings (SSSR count). The fourth-order valence-corrected chi connectivity index (χ4v) is 3.14. The van der Waals surface area contributed by atoms with Crippen LogP contribution in [0.1, 0.15) is 32.1 Å². The van der Waals surface area contributed by atoms with Crippen molar-refractivity contribution in [2.24, 2.45) is 5.92 Å². The van der Waals surface area contributed by atoms with E-state index in [1.807, 2.05) is 24.4 Å². The largest absolute Gasteiger partial charge is 0.342 e. The molecule has 5 heteroatoms. The molecule has 1 saturated heterocycles. The molecule has 0 aliphatic carbocycles. The maximum atomic E-state index is 12.4. The Labute approximate surface area is 112 Å². The van der Waals surface area contributed by atoms with Crippen LogP contribution >= 0.6 is 11.3 Å². The van der Waals surface area contributed by atoms with Crippen molar-refractivity contribution in [1.29, 1.82) is 5.41 Å². The van der Waals surface area contributed by atoms with Crippen LogP contribution in [0.25, 0.3) is 0 Å². The lowest BCUT2D eigenvalue weighted by atomic mass is 9.91. The zero-order valence-electron chi connectivity index (χ0n) is 11.0. The number of thiophene rings is 1. The van der Waals surface area contributed by atoms with Crippen LogP contribution in [0.3, 0.4) is 0 Å². The molecule has 0 aromatic carbocycles. The Hall–Kier alpha value is -1.36. The van der Waals surface area contributed by atoms with E-state index < -0.39 is 5.54 Å². The van der Waals surface area contributed by atoms with Gasteiger partial charge in [-0.05, 0) is 30.7 Å². The zero-order valence-corrected chi connectivity index (χ0v) is 11.8. The smallest absolute Gasteiger partial charge is 0.255 e. The summed E-state index contributed by atoms with van der Waals surface area (Å²) in [6.45, 7) is 6.56. The number of carbonyl (C=O) groups excluding carboxylic acids is 1. The van der Waals surface area contributed by atoms with Gasteiger partial charge in [0.05, 0.1) is 6.54 Å². The van der Waals surface area contributed by atoms with Gasteiger partial charge >= 0.3 is 0 Å². The van der Waals surface area contributed by atoms with Crippen LogP contribution in [-0.4, -0.2) is 22.3 Å². The third-order valence-corrected chi connectivity index (χ3v) is 3.95. The van der Waals surface area contributed by atoms with E-state index in [4.69, 9.17) is 5.41 Å². The van der Waals surface area contributed by atoms with E-state index >= 15 is 0 Å². The Balaban J connectivity index is 2.14. The maximum Gasteiger partial charge on any atom is 0.255 e. The van der Waals surface area contributed by atoms with E-state index in [0.29, 0.717) is 12.5 Å². The van der Waals surface area contributed by atoms with E-state index in [0.717, 1.165) is 11.3 Å². The van der Waals surface area contributed by atoms with Crippen molar-refractivity contribution < 1.29 is 4.79 Å². The molecule has 0 bridgehead atoms. The van der Waals surface area contributed by atoms with Crippen molar-refractivity contribution in [2.75, 3.05) is 0 Å². The predicted molar refractivity (Wildman–Crippen MR) is 73.6 cm³/mol. The van der Waals surface area contributed by atoms with E-state index in [9.17, 15) is 4.79 Å². The highest BCUT2D eigenvalue weighted by molar-refractivity contribution is 7.09. The lowest BCUT2D eigenvalue weighted by molar-refractivity contribution is -0.131. The summed E-state index contributed by atoms with van der Waals surface area (Å²) in [6, 6.07) is 3.95. The van der Waals surface area contributed by atoms with Gasteiger partial charge in [0.1, 0.15) is 5.54 Å². The Kier molecular flexibility index (Phi) is 3.43. The minimum absolute atomic E-state index is 0.00889. The van der Waals surface area contributed by atoms with Gasteiger partial charge in [0, 0.05) is 4.88 Å². The van der Waals surface area contributed by atoms with Gasteiger partial charge in [-0.1, -0.05) is 19.9 Å². The molecule has 4 nitrogen and oxygen atoms in total. The quantitative estimate of drug-likeness (QED) is 0.878. The summed E-state index contributed by atoms with van der Waals surface area (Å²) in [5.41, 5.74) is -0.623. The lowest BCUT2D eigenvalue weighted by Gasteiger charge is -2.23. The minimum Gasteiger partial charge on any atom is -0.342 e. The Morgan fingerprint density at radius 1 is 1.56 bits per heavy atom. The van der Waals surface area contributed by atoms with E-state index in [1.54, 1.807) is 11.3 Å². The normalized spacial score (nSPS) is 23.9. The topological polar surface area (TPSA) is 56.2 Å². The molecule has 0 spiro atoms. The van der Waals surface area contributed by atoms with Crippen LogP contribution in [-0.2, 0) is 11.3 Å². The van der Waals surface area contributed by atoms with Crippen LogP contribution in [0, 0.1) is 11.3 Å². The Bertz CT molecular complexity index is 455. The van der Waals surface area contributed by atoms with Gasteiger partial charge in [0.15, 0.2) is 5.96 Å². The highest BCUT2D eigenvalue weighted by Crippen LogP contribution is 2.26. The zero-order chi connectivity index (χ0) is 13.3. The second-order valence-corrected chi connectivity index (χ2v) is 6.41. The van der Waals surface area contributed by atoms with Crippen molar-refractivity contribution in [3.63, 3.8) is 0 Å².